The Labute approximate surface area is 209 Å². The molecule has 9 heteroatoms. The lowest BCUT2D eigenvalue weighted by Crippen LogP contribution is -2.55. The number of esters is 1. The van der Waals surface area contributed by atoms with Crippen LogP contribution in [-0.4, -0.2) is 75.0 Å². The van der Waals surface area contributed by atoms with E-state index >= 15 is 0 Å². The highest BCUT2D eigenvalue weighted by atomic mass is 16.6. The second-order valence-electron chi connectivity index (χ2n) is 11.4. The summed E-state index contributed by atoms with van der Waals surface area (Å²) >= 11 is 0. The first-order chi connectivity index (χ1) is 16.5. The molecule has 2 saturated heterocycles. The van der Waals surface area contributed by atoms with Gasteiger partial charge in [0.2, 0.25) is 0 Å². The quantitative estimate of drug-likeness (QED) is 0.183. The molecule has 1 saturated carbocycles. The van der Waals surface area contributed by atoms with Crippen molar-refractivity contribution in [3.63, 3.8) is 0 Å². The number of methoxy groups -OCH3 is 1. The van der Waals surface area contributed by atoms with Gasteiger partial charge in [-0.25, -0.2) is 4.79 Å². The van der Waals surface area contributed by atoms with Crippen LogP contribution in [0.2, 0.25) is 0 Å². The Morgan fingerprint density at radius 3 is 2.60 bits per heavy atom. The van der Waals surface area contributed by atoms with Crippen LogP contribution in [0, 0.1) is 11.3 Å². The third-order valence-electron chi connectivity index (χ3n) is 7.39. The molecule has 2 aliphatic heterocycles. The number of hydrogen-bond donors (Lipinski definition) is 2. The van der Waals surface area contributed by atoms with Crippen LogP contribution >= 0.6 is 0 Å². The number of nitrogens with one attached hydrogen (secondary N) is 1. The molecule has 2 heterocycles. The summed E-state index contributed by atoms with van der Waals surface area (Å²) in [4.78, 5) is 24.7. The predicted octanol–water partition coefficient (Wildman–Crippen LogP) is 3.10. The van der Waals surface area contributed by atoms with Crippen molar-refractivity contribution in [1.82, 2.24) is 5.32 Å². The van der Waals surface area contributed by atoms with Crippen LogP contribution < -0.4 is 11.1 Å². The summed E-state index contributed by atoms with van der Waals surface area (Å²) in [6.45, 7) is 11.8. The molecule has 1 amide bonds. The zero-order chi connectivity index (χ0) is 25.9. The van der Waals surface area contributed by atoms with E-state index in [1.54, 1.807) is 7.11 Å². The number of allylic oxidation sites excluding steroid dienone is 1. The van der Waals surface area contributed by atoms with Gasteiger partial charge < -0.3 is 34.7 Å². The fourth-order valence-electron chi connectivity index (χ4n) is 5.33. The lowest BCUT2D eigenvalue weighted by molar-refractivity contribution is -0.174. The van der Waals surface area contributed by atoms with Crippen LogP contribution in [-0.2, 0) is 28.5 Å². The van der Waals surface area contributed by atoms with Gasteiger partial charge in [-0.1, -0.05) is 25.5 Å². The highest BCUT2D eigenvalue weighted by Crippen LogP contribution is 2.59. The van der Waals surface area contributed by atoms with Gasteiger partial charge in [-0.05, 0) is 53.0 Å². The fraction of sp³-hybridized carbons (Fsp3) is 0.846. The van der Waals surface area contributed by atoms with E-state index in [0.717, 1.165) is 12.8 Å². The molecule has 200 valence electrons. The second kappa shape index (κ2) is 11.2. The van der Waals surface area contributed by atoms with E-state index in [4.69, 9.17) is 29.4 Å². The van der Waals surface area contributed by atoms with E-state index in [-0.39, 0.29) is 54.4 Å². The van der Waals surface area contributed by atoms with Gasteiger partial charge in [-0.15, -0.1) is 0 Å². The molecular formula is C26H44N2O7. The molecule has 3 aliphatic rings. The molecule has 9 nitrogen and oxygen atoms in total. The van der Waals surface area contributed by atoms with Crippen molar-refractivity contribution in [2.24, 2.45) is 17.1 Å². The highest BCUT2D eigenvalue weighted by Gasteiger charge is 2.72. The van der Waals surface area contributed by atoms with Crippen LogP contribution in [0.3, 0.4) is 0 Å². The molecule has 3 N–H and O–H groups in total. The fourth-order valence-corrected chi connectivity index (χ4v) is 5.33. The van der Waals surface area contributed by atoms with Gasteiger partial charge >= 0.3 is 12.1 Å². The molecular weight excluding hydrogens is 452 g/mol. The standard InChI is InChI=1S/C26H44N2O7/c1-17(2)8-9-19-25(5,35-19)22-21(31-6)18(10-11-26(22)16-33-26)34-20(29)14-24(3,4)15-32-23(30)28-13-7-12-27/h8,18-19,21-22H,7,9-16,27H2,1-6H3,(H,28,30)/t18?,19-,21?,22?,25-,26+/m1/s1. The first-order valence-corrected chi connectivity index (χ1v) is 12.7. The van der Waals surface area contributed by atoms with Crippen molar-refractivity contribution in [2.45, 2.75) is 96.2 Å². The molecule has 3 unspecified atom stereocenters. The van der Waals surface area contributed by atoms with Gasteiger partial charge in [0.1, 0.15) is 23.4 Å². The summed E-state index contributed by atoms with van der Waals surface area (Å²) in [6.07, 6.45) is 4.22. The Hall–Kier alpha value is -1.68. The Bertz CT molecular complexity index is 791. The summed E-state index contributed by atoms with van der Waals surface area (Å²) < 4.78 is 29.4. The number of carbonyl (C=O) groups excluding carboxylic acids is 2. The van der Waals surface area contributed by atoms with Crippen molar-refractivity contribution in [3.05, 3.63) is 11.6 Å². The molecule has 0 aromatic rings. The Kier molecular flexibility index (Phi) is 8.89. The van der Waals surface area contributed by atoms with Gasteiger partial charge in [0.15, 0.2) is 0 Å². The number of hydrogen-bond acceptors (Lipinski definition) is 8. The molecule has 3 fully saturated rings. The first-order valence-electron chi connectivity index (χ1n) is 12.7. The number of amides is 1. The summed E-state index contributed by atoms with van der Waals surface area (Å²) in [5, 5.41) is 2.64. The third kappa shape index (κ3) is 6.96. The minimum absolute atomic E-state index is 0.0179. The van der Waals surface area contributed by atoms with E-state index in [1.165, 1.54) is 5.57 Å². The van der Waals surface area contributed by atoms with E-state index in [2.05, 4.69) is 32.2 Å². The minimum atomic E-state index is -0.569. The Balaban J connectivity index is 1.57. The number of nitrogens with two attached hydrogens (primary N) is 1. The van der Waals surface area contributed by atoms with Gasteiger partial charge in [0, 0.05) is 19.1 Å². The number of epoxide rings is 2. The Morgan fingerprint density at radius 1 is 1.29 bits per heavy atom. The maximum absolute atomic E-state index is 12.9. The average Bonchev–Trinajstić information content (AvgIpc) is 3.69. The summed E-state index contributed by atoms with van der Waals surface area (Å²) in [5.74, 6) is -0.348. The maximum atomic E-state index is 12.9. The number of ether oxygens (including phenoxy) is 5. The second-order valence-corrected chi connectivity index (χ2v) is 11.4. The van der Waals surface area contributed by atoms with Crippen LogP contribution in [0.1, 0.15) is 66.7 Å². The first kappa shape index (κ1) is 27.9. The smallest absolute Gasteiger partial charge is 0.407 e. The summed E-state index contributed by atoms with van der Waals surface area (Å²) in [5.41, 5.74) is 5.48. The molecule has 6 atom stereocenters. The molecule has 35 heavy (non-hydrogen) atoms. The molecule has 0 radical (unpaired) electrons. The molecule has 3 rings (SSSR count). The number of alkyl carbamates (subject to hydrolysis) is 1. The van der Waals surface area contributed by atoms with E-state index in [1.807, 2.05) is 13.8 Å². The van der Waals surface area contributed by atoms with Crippen LogP contribution in [0.15, 0.2) is 11.6 Å². The van der Waals surface area contributed by atoms with E-state index < -0.39 is 11.5 Å². The largest absolute Gasteiger partial charge is 0.460 e. The number of carbonyl (C=O) groups is 2. The average molecular weight is 497 g/mol. The third-order valence-corrected chi connectivity index (χ3v) is 7.39. The maximum Gasteiger partial charge on any atom is 0.407 e. The van der Waals surface area contributed by atoms with E-state index in [0.29, 0.717) is 32.5 Å². The zero-order valence-electron chi connectivity index (χ0n) is 22.2. The monoisotopic (exact) mass is 496 g/mol. The van der Waals surface area contributed by atoms with Gasteiger partial charge in [-0.3, -0.25) is 4.79 Å². The lowest BCUT2D eigenvalue weighted by Gasteiger charge is -2.42. The Morgan fingerprint density at radius 2 is 2.00 bits per heavy atom. The molecule has 0 aromatic carbocycles. The lowest BCUT2D eigenvalue weighted by atomic mass is 9.68. The van der Waals surface area contributed by atoms with Crippen molar-refractivity contribution >= 4 is 12.1 Å². The van der Waals surface area contributed by atoms with Gasteiger partial charge in [0.05, 0.1) is 31.7 Å². The molecule has 0 bridgehead atoms. The van der Waals surface area contributed by atoms with E-state index in [9.17, 15) is 9.59 Å². The van der Waals surface area contributed by atoms with Crippen molar-refractivity contribution in [3.8, 4) is 0 Å². The normalized spacial score (nSPS) is 33.7. The number of rotatable bonds is 12. The SMILES string of the molecule is COC1C(OC(=O)CC(C)(C)COC(=O)NCCCN)CC[C@]2(CO2)C1[C@]1(C)O[C@@H]1CC=C(C)C. The topological polar surface area (TPSA) is 125 Å². The van der Waals surface area contributed by atoms with Gasteiger partial charge in [-0.2, -0.15) is 0 Å². The van der Waals surface area contributed by atoms with Crippen molar-refractivity contribution in [1.29, 1.82) is 0 Å². The summed E-state index contributed by atoms with van der Waals surface area (Å²) in [7, 11) is 1.66. The molecule has 1 spiro atoms. The zero-order valence-corrected chi connectivity index (χ0v) is 22.2. The predicted molar refractivity (Wildman–Crippen MR) is 131 cm³/mol. The van der Waals surface area contributed by atoms with Crippen LogP contribution in [0.5, 0.6) is 0 Å². The van der Waals surface area contributed by atoms with Crippen molar-refractivity contribution < 1.29 is 33.3 Å². The summed E-state index contributed by atoms with van der Waals surface area (Å²) in [6, 6.07) is 0. The highest BCUT2D eigenvalue weighted by molar-refractivity contribution is 5.71. The molecule has 1 aliphatic carbocycles. The van der Waals surface area contributed by atoms with Gasteiger partial charge in [0.25, 0.3) is 0 Å². The molecule has 0 aromatic heterocycles. The van der Waals surface area contributed by atoms with Crippen molar-refractivity contribution in [2.75, 3.05) is 33.4 Å². The van der Waals surface area contributed by atoms with Crippen LogP contribution in [0.4, 0.5) is 4.79 Å². The van der Waals surface area contributed by atoms with Crippen LogP contribution in [0.25, 0.3) is 0 Å². The minimum Gasteiger partial charge on any atom is -0.460 e.